The van der Waals surface area contributed by atoms with Gasteiger partial charge in [-0.25, -0.2) is 0 Å². The molecule has 5 aromatic rings. The minimum absolute atomic E-state index is 0.249. The van der Waals surface area contributed by atoms with Crippen LogP contribution in [0.1, 0.15) is 0 Å². The Bertz CT molecular complexity index is 1520. The van der Waals surface area contributed by atoms with Gasteiger partial charge in [0.25, 0.3) is 0 Å². The maximum atomic E-state index is 5.92. The summed E-state index contributed by atoms with van der Waals surface area (Å²) in [4.78, 5) is 0. The van der Waals surface area contributed by atoms with Crippen molar-refractivity contribution in [2.24, 2.45) is 0 Å². The first-order valence-corrected chi connectivity index (χ1v) is 10.2. The normalized spacial score (nSPS) is 12.7. The highest BCUT2D eigenvalue weighted by atomic mass is 16.7. The summed E-state index contributed by atoms with van der Waals surface area (Å²) in [5.41, 5.74) is 0. The van der Waals surface area contributed by atoms with Crippen molar-refractivity contribution in [2.45, 2.75) is 0 Å². The molecule has 1 heterocycles. The minimum atomic E-state index is 0.249. The summed E-state index contributed by atoms with van der Waals surface area (Å²) in [6, 6.07) is 21.1. The molecule has 31 heavy (non-hydrogen) atoms. The molecule has 0 N–H and O–H groups in total. The Labute approximate surface area is 179 Å². The van der Waals surface area contributed by atoms with Gasteiger partial charge >= 0.3 is 0 Å². The molecule has 0 radical (unpaired) electrons. The van der Waals surface area contributed by atoms with Crippen LogP contribution in [-0.2, 0) is 0 Å². The summed E-state index contributed by atoms with van der Waals surface area (Å²) in [6.45, 7) is 4.42. The van der Waals surface area contributed by atoms with Gasteiger partial charge in [-0.15, -0.1) is 0 Å². The lowest BCUT2D eigenvalue weighted by Gasteiger charge is -2.16. The molecule has 0 unspecified atom stereocenters. The first-order valence-electron chi connectivity index (χ1n) is 10.2. The van der Waals surface area contributed by atoms with E-state index in [0.29, 0.717) is 18.1 Å². The van der Waals surface area contributed by atoms with E-state index in [-0.39, 0.29) is 6.79 Å². The summed E-state index contributed by atoms with van der Waals surface area (Å²) in [7, 11) is 1.66. The van der Waals surface area contributed by atoms with Crippen molar-refractivity contribution in [1.29, 1.82) is 0 Å². The topological polar surface area (TPSA) is 36.9 Å². The van der Waals surface area contributed by atoms with E-state index < -0.39 is 0 Å². The van der Waals surface area contributed by atoms with Crippen LogP contribution in [0.25, 0.3) is 43.1 Å². The largest absolute Gasteiger partial charge is 0.493 e. The molecule has 0 amide bonds. The van der Waals surface area contributed by atoms with Crippen LogP contribution in [0.2, 0.25) is 0 Å². The zero-order valence-corrected chi connectivity index (χ0v) is 17.1. The Balaban J connectivity index is 1.82. The third kappa shape index (κ3) is 2.61. The fourth-order valence-electron chi connectivity index (χ4n) is 4.59. The maximum Gasteiger partial charge on any atom is 0.231 e. The summed E-state index contributed by atoms with van der Waals surface area (Å²) in [5, 5.41) is 9.21. The van der Waals surface area contributed by atoms with E-state index in [2.05, 4.69) is 61.2 Å². The third-order valence-electron chi connectivity index (χ3n) is 5.95. The molecule has 0 saturated carbocycles. The van der Waals surface area contributed by atoms with Gasteiger partial charge < -0.3 is 18.9 Å². The summed E-state index contributed by atoms with van der Waals surface area (Å²) < 4.78 is 22.9. The van der Waals surface area contributed by atoms with Crippen LogP contribution in [0.5, 0.6) is 23.0 Å². The monoisotopic (exact) mass is 408 g/mol. The van der Waals surface area contributed by atoms with E-state index >= 15 is 0 Å². The molecule has 1 aliphatic rings. The lowest BCUT2D eigenvalue weighted by molar-refractivity contribution is 0.174. The predicted molar refractivity (Wildman–Crippen MR) is 125 cm³/mol. The molecule has 1 aliphatic heterocycles. The lowest BCUT2D eigenvalue weighted by Crippen LogP contribution is -1.96. The lowest BCUT2D eigenvalue weighted by atomic mass is 9.90. The van der Waals surface area contributed by atoms with Crippen molar-refractivity contribution in [3.05, 3.63) is 73.3 Å². The Morgan fingerprint density at radius 3 is 2.29 bits per heavy atom. The second-order valence-corrected chi connectivity index (χ2v) is 7.61. The van der Waals surface area contributed by atoms with Crippen molar-refractivity contribution >= 4 is 43.1 Å². The highest BCUT2D eigenvalue weighted by Crippen LogP contribution is 2.45. The van der Waals surface area contributed by atoms with Crippen LogP contribution >= 0.6 is 0 Å². The SMILES string of the molecule is C=CCOc1cc2c(ccc3c4ccccc4c4cc5c(cc4c23)OCO5)cc1OC. The van der Waals surface area contributed by atoms with E-state index in [1.54, 1.807) is 13.2 Å². The number of hydrogen-bond acceptors (Lipinski definition) is 4. The first kappa shape index (κ1) is 17.9. The fourth-order valence-corrected chi connectivity index (χ4v) is 4.59. The molecule has 0 spiro atoms. The van der Waals surface area contributed by atoms with Crippen LogP contribution in [-0.4, -0.2) is 20.5 Å². The highest BCUT2D eigenvalue weighted by Gasteiger charge is 2.19. The second kappa shape index (κ2) is 6.81. The van der Waals surface area contributed by atoms with Gasteiger partial charge in [0.1, 0.15) is 6.61 Å². The van der Waals surface area contributed by atoms with Gasteiger partial charge in [0, 0.05) is 0 Å². The predicted octanol–water partition coefficient (Wildman–Crippen LogP) is 6.60. The van der Waals surface area contributed by atoms with Gasteiger partial charge in [0.2, 0.25) is 6.79 Å². The number of rotatable bonds is 4. The molecule has 0 atom stereocenters. The van der Waals surface area contributed by atoms with Gasteiger partial charge in [0.05, 0.1) is 7.11 Å². The van der Waals surface area contributed by atoms with Gasteiger partial charge in [0.15, 0.2) is 23.0 Å². The molecular formula is C27H20O4. The summed E-state index contributed by atoms with van der Waals surface area (Å²) >= 11 is 0. The van der Waals surface area contributed by atoms with Crippen molar-refractivity contribution in [3.63, 3.8) is 0 Å². The van der Waals surface area contributed by atoms with Crippen LogP contribution in [0.4, 0.5) is 0 Å². The van der Waals surface area contributed by atoms with Crippen molar-refractivity contribution in [2.75, 3.05) is 20.5 Å². The van der Waals surface area contributed by atoms with Crippen LogP contribution in [0.3, 0.4) is 0 Å². The molecule has 6 rings (SSSR count). The molecule has 152 valence electrons. The van der Waals surface area contributed by atoms with E-state index in [9.17, 15) is 0 Å². The van der Waals surface area contributed by atoms with Crippen LogP contribution in [0.15, 0.2) is 73.3 Å². The molecule has 0 aliphatic carbocycles. The van der Waals surface area contributed by atoms with Crippen molar-refractivity contribution in [3.8, 4) is 23.0 Å². The Morgan fingerprint density at radius 1 is 0.806 bits per heavy atom. The number of benzene rings is 5. The van der Waals surface area contributed by atoms with E-state index in [4.69, 9.17) is 18.9 Å². The van der Waals surface area contributed by atoms with Crippen molar-refractivity contribution < 1.29 is 18.9 Å². The van der Waals surface area contributed by atoms with Crippen LogP contribution < -0.4 is 18.9 Å². The van der Waals surface area contributed by atoms with Crippen molar-refractivity contribution in [1.82, 2.24) is 0 Å². The molecule has 0 aromatic heterocycles. The van der Waals surface area contributed by atoms with E-state index in [1.807, 2.05) is 6.07 Å². The minimum Gasteiger partial charge on any atom is -0.493 e. The zero-order valence-electron chi connectivity index (χ0n) is 17.1. The Hall–Kier alpha value is -3.92. The number of methoxy groups -OCH3 is 1. The van der Waals surface area contributed by atoms with E-state index in [0.717, 1.165) is 38.4 Å². The second-order valence-electron chi connectivity index (χ2n) is 7.61. The van der Waals surface area contributed by atoms with Gasteiger partial charge in [-0.1, -0.05) is 49.1 Å². The standard InChI is InChI=1S/C27H20O4/c1-3-10-29-24-12-20-16(11-23(24)28-2)8-9-19-17-6-4-5-7-18(17)21-13-25-26(31-15-30-25)14-22(21)27(19)20/h3-9,11-14H,1,10,15H2,2H3. The molecule has 0 saturated heterocycles. The number of hydrogen-bond donors (Lipinski definition) is 0. The summed E-state index contributed by atoms with van der Waals surface area (Å²) in [5.74, 6) is 2.97. The average Bonchev–Trinajstić information content (AvgIpc) is 3.28. The molecule has 0 fully saturated rings. The highest BCUT2D eigenvalue weighted by molar-refractivity contribution is 6.31. The van der Waals surface area contributed by atoms with Crippen LogP contribution in [0, 0.1) is 0 Å². The first-order chi connectivity index (χ1) is 15.3. The Morgan fingerprint density at radius 2 is 1.55 bits per heavy atom. The molecular weight excluding hydrogens is 388 g/mol. The fraction of sp³-hybridized carbons (Fsp3) is 0.111. The number of ether oxygens (including phenoxy) is 4. The zero-order chi connectivity index (χ0) is 20.9. The molecule has 4 nitrogen and oxygen atoms in total. The maximum absolute atomic E-state index is 5.92. The molecule has 0 bridgehead atoms. The van der Waals surface area contributed by atoms with Gasteiger partial charge in [-0.05, 0) is 67.4 Å². The summed E-state index contributed by atoms with van der Waals surface area (Å²) in [6.07, 6.45) is 1.73. The Kier molecular flexibility index (Phi) is 3.93. The van der Waals surface area contributed by atoms with Gasteiger partial charge in [-0.2, -0.15) is 0 Å². The molecule has 5 aromatic carbocycles. The molecule has 4 heteroatoms. The smallest absolute Gasteiger partial charge is 0.231 e. The quantitative estimate of drug-likeness (QED) is 0.248. The third-order valence-corrected chi connectivity index (χ3v) is 5.95. The average molecular weight is 408 g/mol. The number of fused-ring (bicyclic) bond motifs is 9. The van der Waals surface area contributed by atoms with E-state index in [1.165, 1.54) is 16.2 Å². The van der Waals surface area contributed by atoms with Gasteiger partial charge in [-0.3, -0.25) is 0 Å².